The lowest BCUT2D eigenvalue weighted by atomic mass is 10.0. The first-order valence-electron chi connectivity index (χ1n) is 6.60. The van der Waals surface area contributed by atoms with Crippen molar-refractivity contribution in [2.45, 2.75) is 12.5 Å². The number of carboxylic acid groups (broad SMARTS) is 1. The second-order valence-corrected chi connectivity index (χ2v) is 5.18. The zero-order chi connectivity index (χ0) is 17.0. The van der Waals surface area contributed by atoms with Gasteiger partial charge in [0, 0.05) is 0 Å². The van der Waals surface area contributed by atoms with Gasteiger partial charge in [-0.25, -0.2) is 8.78 Å². The molecule has 2 aromatic carbocycles. The monoisotopic (exact) mass is 339 g/mol. The van der Waals surface area contributed by atoms with E-state index in [9.17, 15) is 18.4 Å². The van der Waals surface area contributed by atoms with Gasteiger partial charge in [-0.1, -0.05) is 29.8 Å². The molecule has 120 valence electrons. The second kappa shape index (κ2) is 7.19. The van der Waals surface area contributed by atoms with Crippen LogP contribution in [0, 0.1) is 11.6 Å². The van der Waals surface area contributed by atoms with Crippen LogP contribution in [0.1, 0.15) is 28.4 Å². The van der Waals surface area contributed by atoms with Crippen molar-refractivity contribution in [3.8, 4) is 0 Å². The number of rotatable bonds is 5. The summed E-state index contributed by atoms with van der Waals surface area (Å²) in [5.74, 6) is -3.32. The highest BCUT2D eigenvalue weighted by Crippen LogP contribution is 2.22. The van der Waals surface area contributed by atoms with E-state index in [2.05, 4.69) is 5.32 Å². The van der Waals surface area contributed by atoms with Crippen molar-refractivity contribution in [3.05, 3.63) is 70.2 Å². The Morgan fingerprint density at radius 3 is 2.35 bits per heavy atom. The van der Waals surface area contributed by atoms with Gasteiger partial charge in [0.15, 0.2) is 0 Å². The zero-order valence-electron chi connectivity index (χ0n) is 11.7. The summed E-state index contributed by atoms with van der Waals surface area (Å²) in [5.41, 5.74) is 0.0151. The lowest BCUT2D eigenvalue weighted by molar-refractivity contribution is -0.137. The lowest BCUT2D eigenvalue weighted by Gasteiger charge is -2.18. The van der Waals surface area contributed by atoms with Crippen LogP contribution in [0.5, 0.6) is 0 Å². The predicted octanol–water partition coefficient (Wildman–Crippen LogP) is 3.56. The fourth-order valence-corrected chi connectivity index (χ4v) is 2.32. The molecule has 2 N–H and O–H groups in total. The van der Waals surface area contributed by atoms with Crippen molar-refractivity contribution in [2.24, 2.45) is 0 Å². The minimum Gasteiger partial charge on any atom is -0.481 e. The summed E-state index contributed by atoms with van der Waals surface area (Å²) in [4.78, 5) is 23.2. The van der Waals surface area contributed by atoms with Crippen LogP contribution in [-0.2, 0) is 4.79 Å². The van der Waals surface area contributed by atoms with Crippen LogP contribution in [-0.4, -0.2) is 17.0 Å². The van der Waals surface area contributed by atoms with E-state index in [1.807, 2.05) is 0 Å². The van der Waals surface area contributed by atoms with Gasteiger partial charge < -0.3 is 10.4 Å². The van der Waals surface area contributed by atoms with Gasteiger partial charge in [-0.05, 0) is 29.8 Å². The summed E-state index contributed by atoms with van der Waals surface area (Å²) in [6.45, 7) is 0. The number of carbonyl (C=O) groups excluding carboxylic acids is 1. The number of benzene rings is 2. The summed E-state index contributed by atoms with van der Waals surface area (Å²) in [7, 11) is 0. The van der Waals surface area contributed by atoms with Gasteiger partial charge in [0.2, 0.25) is 0 Å². The number of aliphatic carboxylic acids is 1. The highest BCUT2D eigenvalue weighted by molar-refractivity contribution is 6.33. The van der Waals surface area contributed by atoms with Gasteiger partial charge in [-0.3, -0.25) is 9.59 Å². The molecule has 0 aliphatic heterocycles. The highest BCUT2D eigenvalue weighted by atomic mass is 35.5. The number of halogens is 3. The molecule has 2 rings (SSSR count). The van der Waals surface area contributed by atoms with Crippen LogP contribution in [0.2, 0.25) is 5.02 Å². The van der Waals surface area contributed by atoms with E-state index >= 15 is 0 Å². The average Bonchev–Trinajstić information content (AvgIpc) is 2.46. The summed E-state index contributed by atoms with van der Waals surface area (Å²) >= 11 is 5.81. The Bertz CT molecular complexity index is 714. The molecular weight excluding hydrogens is 328 g/mol. The average molecular weight is 340 g/mol. The van der Waals surface area contributed by atoms with Crippen LogP contribution >= 0.6 is 11.6 Å². The largest absolute Gasteiger partial charge is 0.481 e. The molecule has 0 radical (unpaired) electrons. The number of hydrogen-bond donors (Lipinski definition) is 2. The van der Waals surface area contributed by atoms with Crippen LogP contribution < -0.4 is 5.32 Å². The first-order chi connectivity index (χ1) is 10.9. The molecule has 0 bridgehead atoms. The molecular formula is C16H12ClF2NO3. The maximum absolute atomic E-state index is 13.8. The molecule has 0 aliphatic carbocycles. The third kappa shape index (κ3) is 4.26. The summed E-state index contributed by atoms with van der Waals surface area (Å²) in [5, 5.41) is 11.3. The number of hydrogen-bond acceptors (Lipinski definition) is 2. The van der Waals surface area contributed by atoms with Gasteiger partial charge in [-0.15, -0.1) is 0 Å². The van der Waals surface area contributed by atoms with Crippen molar-refractivity contribution < 1.29 is 23.5 Å². The third-order valence-corrected chi connectivity index (χ3v) is 3.46. The normalized spacial score (nSPS) is 11.8. The summed E-state index contributed by atoms with van der Waals surface area (Å²) in [6.07, 6.45) is -0.441. The Morgan fingerprint density at radius 2 is 1.78 bits per heavy atom. The fourth-order valence-electron chi connectivity index (χ4n) is 2.07. The third-order valence-electron chi connectivity index (χ3n) is 3.15. The SMILES string of the molecule is O=C(O)CC(NC(=O)c1c(F)cccc1Cl)c1ccc(F)cc1. The maximum Gasteiger partial charge on any atom is 0.305 e. The van der Waals surface area contributed by atoms with E-state index in [0.29, 0.717) is 5.56 Å². The van der Waals surface area contributed by atoms with Crippen molar-refractivity contribution in [2.75, 3.05) is 0 Å². The van der Waals surface area contributed by atoms with Crippen molar-refractivity contribution in [1.82, 2.24) is 5.32 Å². The van der Waals surface area contributed by atoms with E-state index in [-0.39, 0.29) is 10.6 Å². The molecule has 1 unspecified atom stereocenters. The molecule has 4 nitrogen and oxygen atoms in total. The minimum atomic E-state index is -1.17. The molecule has 7 heteroatoms. The van der Waals surface area contributed by atoms with Gasteiger partial charge >= 0.3 is 5.97 Å². The Morgan fingerprint density at radius 1 is 1.13 bits per heavy atom. The number of carboxylic acids is 1. The first-order valence-corrected chi connectivity index (χ1v) is 6.98. The lowest BCUT2D eigenvalue weighted by Crippen LogP contribution is -2.31. The van der Waals surface area contributed by atoms with Crippen LogP contribution in [0.25, 0.3) is 0 Å². The maximum atomic E-state index is 13.8. The molecule has 1 atom stereocenters. The Hall–Kier alpha value is -2.47. The Labute approximate surface area is 135 Å². The molecule has 2 aromatic rings. The topological polar surface area (TPSA) is 66.4 Å². The van der Waals surface area contributed by atoms with E-state index in [0.717, 1.165) is 18.2 Å². The number of amides is 1. The van der Waals surface area contributed by atoms with Gasteiger partial charge in [0.1, 0.15) is 11.6 Å². The predicted molar refractivity (Wildman–Crippen MR) is 80.3 cm³/mol. The summed E-state index contributed by atoms with van der Waals surface area (Å²) < 4.78 is 26.7. The highest BCUT2D eigenvalue weighted by Gasteiger charge is 2.22. The van der Waals surface area contributed by atoms with E-state index in [1.54, 1.807) is 0 Å². The molecule has 0 aliphatic rings. The molecule has 23 heavy (non-hydrogen) atoms. The molecule has 0 spiro atoms. The molecule has 1 amide bonds. The quantitative estimate of drug-likeness (QED) is 0.875. The van der Waals surface area contributed by atoms with Crippen molar-refractivity contribution in [1.29, 1.82) is 0 Å². The number of nitrogens with one attached hydrogen (secondary N) is 1. The molecule has 0 saturated carbocycles. The van der Waals surface area contributed by atoms with Gasteiger partial charge in [-0.2, -0.15) is 0 Å². The Balaban J connectivity index is 2.29. The van der Waals surface area contributed by atoms with Crippen LogP contribution in [0.15, 0.2) is 42.5 Å². The van der Waals surface area contributed by atoms with E-state index < -0.39 is 36.0 Å². The molecule has 0 heterocycles. The van der Waals surface area contributed by atoms with Crippen LogP contribution in [0.4, 0.5) is 8.78 Å². The Kier molecular flexibility index (Phi) is 5.28. The minimum absolute atomic E-state index is 0.0873. The smallest absolute Gasteiger partial charge is 0.305 e. The standard InChI is InChI=1S/C16H12ClF2NO3/c17-11-2-1-3-12(19)15(11)16(23)20-13(8-14(21)22)9-4-6-10(18)7-5-9/h1-7,13H,8H2,(H,20,23)(H,21,22). The van der Waals surface area contributed by atoms with Crippen molar-refractivity contribution >= 4 is 23.5 Å². The summed E-state index contributed by atoms with van der Waals surface area (Å²) in [6, 6.07) is 7.82. The first kappa shape index (κ1) is 16.9. The van der Waals surface area contributed by atoms with Gasteiger partial charge in [0.05, 0.1) is 23.0 Å². The number of carbonyl (C=O) groups is 2. The van der Waals surface area contributed by atoms with E-state index in [4.69, 9.17) is 16.7 Å². The molecule has 0 aromatic heterocycles. The fraction of sp³-hybridized carbons (Fsp3) is 0.125. The van der Waals surface area contributed by atoms with Crippen LogP contribution in [0.3, 0.4) is 0 Å². The van der Waals surface area contributed by atoms with Crippen molar-refractivity contribution in [3.63, 3.8) is 0 Å². The van der Waals surface area contributed by atoms with Gasteiger partial charge in [0.25, 0.3) is 5.91 Å². The molecule has 0 saturated heterocycles. The molecule has 0 fully saturated rings. The second-order valence-electron chi connectivity index (χ2n) is 4.77. The van der Waals surface area contributed by atoms with E-state index in [1.165, 1.54) is 24.3 Å². The zero-order valence-corrected chi connectivity index (χ0v) is 12.5.